The van der Waals surface area contributed by atoms with Gasteiger partial charge >= 0.3 is 0 Å². The number of piperazine rings is 1. The number of aromatic amines is 2. The van der Waals surface area contributed by atoms with Crippen LogP contribution in [0.3, 0.4) is 0 Å². The Morgan fingerprint density at radius 3 is 2.55 bits per heavy atom. The molecule has 5 aromatic rings. The predicted molar refractivity (Wildman–Crippen MR) is 153 cm³/mol. The van der Waals surface area contributed by atoms with E-state index in [0.717, 1.165) is 82.9 Å². The van der Waals surface area contributed by atoms with Crippen molar-refractivity contribution in [3.63, 3.8) is 0 Å². The van der Waals surface area contributed by atoms with Gasteiger partial charge in [0.25, 0.3) is 0 Å². The smallest absolute Gasteiger partial charge is 0.138 e. The molecule has 4 aromatic heterocycles. The minimum absolute atomic E-state index is 0.930. The van der Waals surface area contributed by atoms with E-state index in [4.69, 9.17) is 10.1 Å². The summed E-state index contributed by atoms with van der Waals surface area (Å²) in [6.07, 6.45) is 9.84. The van der Waals surface area contributed by atoms with Gasteiger partial charge in [-0.15, -0.1) is 0 Å². The number of pyridine rings is 2. The van der Waals surface area contributed by atoms with Crippen LogP contribution in [0.1, 0.15) is 24.8 Å². The normalized spacial score (nSPS) is 17.6. The van der Waals surface area contributed by atoms with Crippen LogP contribution in [0.5, 0.6) is 0 Å². The van der Waals surface area contributed by atoms with Crippen LogP contribution in [0.15, 0.2) is 55.0 Å². The minimum Gasteiger partial charge on any atom is -0.353 e. The summed E-state index contributed by atoms with van der Waals surface area (Å²) in [5, 5.41) is 10.2. The molecule has 38 heavy (non-hydrogen) atoms. The number of hydrogen-bond donors (Lipinski definition) is 2. The highest BCUT2D eigenvalue weighted by molar-refractivity contribution is 6.00. The number of nitrogens with one attached hydrogen (secondary N) is 2. The van der Waals surface area contributed by atoms with Gasteiger partial charge in [-0.2, -0.15) is 5.10 Å². The van der Waals surface area contributed by atoms with Gasteiger partial charge in [-0.25, -0.2) is 4.98 Å². The average molecular weight is 507 g/mol. The van der Waals surface area contributed by atoms with E-state index in [1.165, 1.54) is 37.9 Å². The minimum atomic E-state index is 0.930. The Morgan fingerprint density at radius 2 is 1.68 bits per heavy atom. The van der Waals surface area contributed by atoms with Crippen LogP contribution >= 0.6 is 0 Å². The standard InChI is InChI=1S/C30H34N8/c1-36-11-13-38(14-12-36)30-25-17-28(33-26(25)7-8-32-30)29-24-16-22(5-6-27(24)34-35-29)23-15-21(18-31-19-23)20-37-9-3-2-4-10-37/h5-8,15-19,33H,2-4,9-14,20H2,1H3,(H,34,35). The Hall–Kier alpha value is -3.75. The van der Waals surface area contributed by atoms with Crippen molar-refractivity contribution in [3.05, 3.63) is 60.6 Å². The molecule has 0 atom stereocenters. The molecule has 0 unspecified atom stereocenters. The van der Waals surface area contributed by atoms with Crippen molar-refractivity contribution in [3.8, 4) is 22.5 Å². The van der Waals surface area contributed by atoms with Crippen molar-refractivity contribution >= 4 is 27.6 Å². The lowest BCUT2D eigenvalue weighted by Crippen LogP contribution is -2.44. The molecule has 8 heteroatoms. The van der Waals surface area contributed by atoms with E-state index in [9.17, 15) is 0 Å². The number of hydrogen-bond acceptors (Lipinski definition) is 6. The Morgan fingerprint density at radius 1 is 0.816 bits per heavy atom. The largest absolute Gasteiger partial charge is 0.353 e. The zero-order valence-electron chi connectivity index (χ0n) is 22.0. The van der Waals surface area contributed by atoms with Crippen molar-refractivity contribution < 1.29 is 0 Å². The first-order chi connectivity index (χ1) is 18.7. The highest BCUT2D eigenvalue weighted by Crippen LogP contribution is 2.34. The quantitative estimate of drug-likeness (QED) is 0.353. The van der Waals surface area contributed by atoms with Crippen LogP contribution in [0.2, 0.25) is 0 Å². The second-order valence-electron chi connectivity index (χ2n) is 10.8. The summed E-state index contributed by atoms with van der Waals surface area (Å²) in [6, 6.07) is 13.1. The number of likely N-dealkylation sites (tertiary alicyclic amines) is 1. The zero-order valence-corrected chi connectivity index (χ0v) is 22.0. The highest BCUT2D eigenvalue weighted by Gasteiger charge is 2.20. The lowest BCUT2D eigenvalue weighted by molar-refractivity contribution is 0.220. The second-order valence-corrected chi connectivity index (χ2v) is 10.8. The molecule has 0 bridgehead atoms. The van der Waals surface area contributed by atoms with Gasteiger partial charge in [0, 0.05) is 67.7 Å². The molecule has 7 rings (SSSR count). The summed E-state index contributed by atoms with van der Waals surface area (Å²) >= 11 is 0. The maximum Gasteiger partial charge on any atom is 0.138 e. The number of rotatable bonds is 5. The Labute approximate surface area is 222 Å². The molecule has 0 radical (unpaired) electrons. The fraction of sp³-hybridized carbons (Fsp3) is 0.367. The molecule has 8 nitrogen and oxygen atoms in total. The third-order valence-corrected chi connectivity index (χ3v) is 8.13. The van der Waals surface area contributed by atoms with Crippen molar-refractivity contribution in [2.45, 2.75) is 25.8 Å². The van der Waals surface area contributed by atoms with E-state index in [2.05, 4.69) is 73.2 Å². The molecule has 2 aliphatic heterocycles. The molecule has 2 fully saturated rings. The third-order valence-electron chi connectivity index (χ3n) is 8.13. The van der Waals surface area contributed by atoms with Gasteiger partial charge in [-0.1, -0.05) is 12.5 Å². The molecule has 0 saturated carbocycles. The molecule has 2 aliphatic rings. The number of benzene rings is 1. The number of H-pyrrole nitrogens is 2. The molecule has 2 N–H and O–H groups in total. The van der Waals surface area contributed by atoms with Crippen molar-refractivity contribution in [2.24, 2.45) is 0 Å². The van der Waals surface area contributed by atoms with E-state index in [1.54, 1.807) is 0 Å². The van der Waals surface area contributed by atoms with Crippen LogP contribution in [0.25, 0.3) is 44.3 Å². The van der Waals surface area contributed by atoms with Gasteiger partial charge in [-0.3, -0.25) is 15.0 Å². The first-order valence-electron chi connectivity index (χ1n) is 13.8. The van der Waals surface area contributed by atoms with Crippen LogP contribution in [-0.4, -0.2) is 81.3 Å². The second kappa shape index (κ2) is 9.85. The van der Waals surface area contributed by atoms with Gasteiger partial charge in [0.1, 0.15) is 11.5 Å². The van der Waals surface area contributed by atoms with Gasteiger partial charge in [0.2, 0.25) is 0 Å². The lowest BCUT2D eigenvalue weighted by atomic mass is 10.0. The van der Waals surface area contributed by atoms with E-state index in [1.807, 2.05) is 18.6 Å². The van der Waals surface area contributed by atoms with Crippen LogP contribution in [-0.2, 0) is 6.54 Å². The molecular weight excluding hydrogens is 472 g/mol. The molecule has 194 valence electrons. The first-order valence-corrected chi connectivity index (χ1v) is 13.8. The summed E-state index contributed by atoms with van der Waals surface area (Å²) in [6.45, 7) is 7.42. The molecule has 0 aliphatic carbocycles. The molecule has 0 amide bonds. The maximum atomic E-state index is 4.77. The number of aromatic nitrogens is 5. The maximum absolute atomic E-state index is 4.77. The van der Waals surface area contributed by atoms with Crippen LogP contribution in [0, 0.1) is 0 Å². The highest BCUT2D eigenvalue weighted by atomic mass is 15.3. The molecule has 6 heterocycles. The number of likely N-dealkylation sites (N-methyl/N-ethyl adjacent to an activating group) is 1. The fourth-order valence-corrected chi connectivity index (χ4v) is 5.94. The van der Waals surface area contributed by atoms with Crippen LogP contribution in [0.4, 0.5) is 5.82 Å². The van der Waals surface area contributed by atoms with Gasteiger partial charge in [-0.05, 0) is 74.4 Å². The lowest BCUT2D eigenvalue weighted by Gasteiger charge is -2.33. The van der Waals surface area contributed by atoms with Crippen molar-refractivity contribution in [1.82, 2.24) is 34.9 Å². The van der Waals surface area contributed by atoms with E-state index >= 15 is 0 Å². The zero-order chi connectivity index (χ0) is 25.5. The monoisotopic (exact) mass is 506 g/mol. The molecule has 1 aromatic carbocycles. The van der Waals surface area contributed by atoms with Crippen molar-refractivity contribution in [1.29, 1.82) is 0 Å². The Kier molecular flexibility index (Phi) is 6.06. The topological polar surface area (TPSA) is 80.0 Å². The third kappa shape index (κ3) is 4.44. The summed E-state index contributed by atoms with van der Waals surface area (Å²) < 4.78 is 0. The van der Waals surface area contributed by atoms with Crippen LogP contribution < -0.4 is 4.90 Å². The number of anilines is 1. The summed E-state index contributed by atoms with van der Waals surface area (Å²) in [4.78, 5) is 20.3. The number of fused-ring (bicyclic) bond motifs is 2. The van der Waals surface area contributed by atoms with Gasteiger partial charge in [0.05, 0.1) is 16.7 Å². The average Bonchev–Trinajstić information content (AvgIpc) is 3.58. The van der Waals surface area contributed by atoms with Gasteiger partial charge < -0.3 is 14.8 Å². The summed E-state index contributed by atoms with van der Waals surface area (Å²) in [5.41, 5.74) is 7.62. The number of nitrogens with zero attached hydrogens (tertiary/aromatic N) is 6. The van der Waals surface area contributed by atoms with E-state index < -0.39 is 0 Å². The fourth-order valence-electron chi connectivity index (χ4n) is 5.94. The van der Waals surface area contributed by atoms with E-state index in [-0.39, 0.29) is 0 Å². The number of piperidine rings is 1. The summed E-state index contributed by atoms with van der Waals surface area (Å²) in [5.74, 6) is 1.05. The molecular formula is C30H34N8. The predicted octanol–water partition coefficient (Wildman–Crippen LogP) is 4.91. The molecule has 0 spiro atoms. The summed E-state index contributed by atoms with van der Waals surface area (Å²) in [7, 11) is 2.18. The van der Waals surface area contributed by atoms with Crippen molar-refractivity contribution in [2.75, 3.05) is 51.2 Å². The SMILES string of the molecule is CN1CCN(c2nccc3[nH]c(-c4n[nH]c5ccc(-c6cncc(CN7CCCCC7)c6)cc45)cc23)CC1. The Bertz CT molecular complexity index is 1570. The van der Waals surface area contributed by atoms with E-state index in [0.29, 0.717) is 0 Å². The van der Waals surface area contributed by atoms with Gasteiger partial charge in [0.15, 0.2) is 0 Å². The Balaban J connectivity index is 1.22. The molecule has 2 saturated heterocycles. The first kappa shape index (κ1) is 23.4.